The molecule has 0 fully saturated rings. The van der Waals surface area contributed by atoms with Gasteiger partial charge in [0.05, 0.1) is 11.1 Å². The number of nitrogens with zero attached hydrogens (tertiary/aromatic N) is 1. The molecule has 0 aliphatic carbocycles. The quantitative estimate of drug-likeness (QED) is 0.181. The Hall–Kier alpha value is -6.62. The lowest BCUT2D eigenvalue weighted by atomic mass is 9.96. The topological polar surface area (TPSA) is 29.5 Å². The van der Waals surface area contributed by atoms with Crippen molar-refractivity contribution in [3.63, 3.8) is 0 Å². The molecular weight excluding hydrogens is 655 g/mol. The Labute approximate surface area is 303 Å². The van der Waals surface area contributed by atoms with Crippen LogP contribution in [0.25, 0.3) is 86.3 Å². The van der Waals surface area contributed by atoms with E-state index in [9.17, 15) is 0 Å². The smallest absolute Gasteiger partial charge is 0.145 e. The predicted octanol–water partition coefficient (Wildman–Crippen LogP) is 14.7. The molecule has 3 aromatic heterocycles. The minimum absolute atomic E-state index is 0.856. The average molecular weight is 684 g/mol. The minimum Gasteiger partial charge on any atom is -0.456 e. The first kappa shape index (κ1) is 29.1. The SMILES string of the molecule is c1ccc(N(c2ccc3c(c2)oc2ccccc23)c2ccc(-c3cccc(-c4cccc5c4sc4ccccc45)c3)c3oc4ccccc4c23)cc1. The third-order valence-electron chi connectivity index (χ3n) is 10.3. The zero-order chi connectivity index (χ0) is 34.2. The third kappa shape index (κ3) is 4.45. The van der Waals surface area contributed by atoms with Crippen LogP contribution >= 0.6 is 11.3 Å². The van der Waals surface area contributed by atoms with Crippen LogP contribution in [0.1, 0.15) is 0 Å². The van der Waals surface area contributed by atoms with Crippen molar-refractivity contribution in [3.05, 3.63) is 176 Å². The van der Waals surface area contributed by atoms with Gasteiger partial charge in [-0.3, -0.25) is 0 Å². The molecule has 244 valence electrons. The number of hydrogen-bond donors (Lipinski definition) is 0. The Morgan fingerprint density at radius 3 is 1.94 bits per heavy atom. The van der Waals surface area contributed by atoms with Gasteiger partial charge in [0, 0.05) is 59.3 Å². The van der Waals surface area contributed by atoms with Crippen molar-refractivity contribution < 1.29 is 8.83 Å². The number of furan rings is 2. The Kier molecular flexibility index (Phi) is 6.42. The summed E-state index contributed by atoms with van der Waals surface area (Å²) >= 11 is 1.86. The van der Waals surface area contributed by atoms with E-state index in [2.05, 4.69) is 163 Å². The maximum absolute atomic E-state index is 6.82. The maximum Gasteiger partial charge on any atom is 0.145 e. The van der Waals surface area contributed by atoms with Crippen LogP contribution in [0.2, 0.25) is 0 Å². The summed E-state index contributed by atoms with van der Waals surface area (Å²) in [7, 11) is 0. The molecule has 0 saturated heterocycles. The van der Waals surface area contributed by atoms with Crippen molar-refractivity contribution in [3.8, 4) is 22.3 Å². The van der Waals surface area contributed by atoms with Gasteiger partial charge in [-0.1, -0.05) is 109 Å². The summed E-state index contributed by atoms with van der Waals surface area (Å²) in [6.07, 6.45) is 0. The molecule has 3 nitrogen and oxygen atoms in total. The molecule has 0 unspecified atom stereocenters. The summed E-state index contributed by atoms with van der Waals surface area (Å²) in [6.45, 7) is 0. The van der Waals surface area contributed by atoms with Crippen molar-refractivity contribution in [2.75, 3.05) is 4.90 Å². The molecule has 0 atom stereocenters. The van der Waals surface area contributed by atoms with Gasteiger partial charge in [0.2, 0.25) is 0 Å². The van der Waals surface area contributed by atoms with E-state index in [-0.39, 0.29) is 0 Å². The van der Waals surface area contributed by atoms with Crippen LogP contribution < -0.4 is 4.90 Å². The van der Waals surface area contributed by atoms with E-state index in [1.165, 1.54) is 31.3 Å². The number of hydrogen-bond acceptors (Lipinski definition) is 4. The van der Waals surface area contributed by atoms with E-state index in [1.54, 1.807) is 0 Å². The van der Waals surface area contributed by atoms with Crippen LogP contribution in [0, 0.1) is 0 Å². The van der Waals surface area contributed by atoms with Gasteiger partial charge in [0.1, 0.15) is 22.3 Å². The molecule has 4 heteroatoms. The van der Waals surface area contributed by atoms with Crippen molar-refractivity contribution in [2.45, 2.75) is 0 Å². The summed E-state index contributed by atoms with van der Waals surface area (Å²) in [6, 6.07) is 62.4. The van der Waals surface area contributed by atoms with Gasteiger partial charge < -0.3 is 13.7 Å². The van der Waals surface area contributed by atoms with Crippen molar-refractivity contribution in [1.29, 1.82) is 0 Å². The Morgan fingerprint density at radius 1 is 0.404 bits per heavy atom. The van der Waals surface area contributed by atoms with E-state index in [4.69, 9.17) is 8.83 Å². The summed E-state index contributed by atoms with van der Waals surface area (Å²) < 4.78 is 15.8. The summed E-state index contributed by atoms with van der Waals surface area (Å²) in [5.74, 6) is 0. The van der Waals surface area contributed by atoms with Crippen molar-refractivity contribution in [2.24, 2.45) is 0 Å². The van der Waals surface area contributed by atoms with E-state index >= 15 is 0 Å². The highest BCUT2D eigenvalue weighted by Gasteiger charge is 2.23. The van der Waals surface area contributed by atoms with E-state index in [0.717, 1.165) is 72.1 Å². The Morgan fingerprint density at radius 2 is 1.08 bits per heavy atom. The molecule has 0 bridgehead atoms. The van der Waals surface area contributed by atoms with Crippen LogP contribution in [0.5, 0.6) is 0 Å². The van der Waals surface area contributed by atoms with Crippen LogP contribution in [0.15, 0.2) is 185 Å². The van der Waals surface area contributed by atoms with Crippen LogP contribution in [-0.2, 0) is 0 Å². The molecular formula is C48H29NO2S. The zero-order valence-corrected chi connectivity index (χ0v) is 28.7. The lowest BCUT2D eigenvalue weighted by Crippen LogP contribution is -2.10. The highest BCUT2D eigenvalue weighted by molar-refractivity contribution is 7.26. The Bertz CT molecular complexity index is 3150. The van der Waals surface area contributed by atoms with E-state index in [1.807, 2.05) is 29.5 Å². The fraction of sp³-hybridized carbons (Fsp3) is 0. The summed E-state index contributed by atoms with van der Waals surface area (Å²) in [5, 5.41) is 6.98. The summed E-state index contributed by atoms with van der Waals surface area (Å²) in [5.41, 5.74) is 11.2. The standard InChI is InChI=1S/C48H29NO2S/c1-2-14-32(15-3-1)49(33-24-25-37-36-16-4-7-21-42(36)50-44(37)29-33)41-27-26-34(47-46(41)40-18-5-8-22-43(40)51-47)30-12-10-13-31(28-30)35-19-11-20-39-38-17-6-9-23-45(38)52-48(35)39/h1-29H. The maximum atomic E-state index is 6.82. The van der Waals surface area contributed by atoms with E-state index in [0.29, 0.717) is 0 Å². The summed E-state index contributed by atoms with van der Waals surface area (Å²) in [4.78, 5) is 2.32. The van der Waals surface area contributed by atoms with Gasteiger partial charge in [0.15, 0.2) is 0 Å². The number of rotatable bonds is 5. The molecule has 0 radical (unpaired) electrons. The first-order valence-electron chi connectivity index (χ1n) is 17.5. The molecule has 11 rings (SSSR count). The fourth-order valence-corrected chi connectivity index (χ4v) is 9.15. The molecule has 0 aliphatic heterocycles. The molecule has 8 aromatic carbocycles. The number of benzene rings is 8. The van der Waals surface area contributed by atoms with Crippen molar-refractivity contribution >= 4 is 92.4 Å². The average Bonchev–Trinajstić information content (AvgIpc) is 3.90. The lowest BCUT2D eigenvalue weighted by molar-refractivity contribution is 0.669. The van der Waals surface area contributed by atoms with Crippen LogP contribution in [0.4, 0.5) is 17.1 Å². The normalized spacial score (nSPS) is 11.8. The number of fused-ring (bicyclic) bond motifs is 9. The third-order valence-corrected chi connectivity index (χ3v) is 11.5. The Balaban J connectivity index is 1.13. The second-order valence-corrected chi connectivity index (χ2v) is 14.3. The molecule has 0 spiro atoms. The van der Waals surface area contributed by atoms with Gasteiger partial charge in [-0.15, -0.1) is 11.3 Å². The van der Waals surface area contributed by atoms with Crippen LogP contribution in [0.3, 0.4) is 0 Å². The second kappa shape index (κ2) is 11.5. The van der Waals surface area contributed by atoms with Gasteiger partial charge >= 0.3 is 0 Å². The molecule has 0 aliphatic rings. The van der Waals surface area contributed by atoms with Crippen LogP contribution in [-0.4, -0.2) is 0 Å². The van der Waals surface area contributed by atoms with Crippen molar-refractivity contribution in [1.82, 2.24) is 0 Å². The molecule has 0 saturated carbocycles. The molecule has 3 heterocycles. The number of thiophene rings is 1. The molecule has 11 aromatic rings. The molecule has 0 amide bonds. The van der Waals surface area contributed by atoms with E-state index < -0.39 is 0 Å². The van der Waals surface area contributed by atoms with Gasteiger partial charge in [-0.25, -0.2) is 0 Å². The lowest BCUT2D eigenvalue weighted by Gasteiger charge is -2.26. The molecule has 0 N–H and O–H groups in total. The first-order chi connectivity index (χ1) is 25.8. The highest BCUT2D eigenvalue weighted by Crippen LogP contribution is 2.47. The zero-order valence-electron chi connectivity index (χ0n) is 27.9. The van der Waals surface area contributed by atoms with Gasteiger partial charge in [-0.05, 0) is 77.4 Å². The largest absolute Gasteiger partial charge is 0.456 e. The second-order valence-electron chi connectivity index (χ2n) is 13.2. The minimum atomic E-state index is 0.856. The fourth-order valence-electron chi connectivity index (χ4n) is 7.91. The monoisotopic (exact) mass is 683 g/mol. The van der Waals surface area contributed by atoms with Gasteiger partial charge in [-0.2, -0.15) is 0 Å². The first-order valence-corrected chi connectivity index (χ1v) is 18.3. The van der Waals surface area contributed by atoms with Gasteiger partial charge in [0.25, 0.3) is 0 Å². The molecule has 52 heavy (non-hydrogen) atoms. The number of para-hydroxylation sites is 3. The number of anilines is 3. The predicted molar refractivity (Wildman–Crippen MR) is 219 cm³/mol. The highest BCUT2D eigenvalue weighted by atomic mass is 32.1.